The number of carbonyl (C=O) groups is 3. The summed E-state index contributed by atoms with van der Waals surface area (Å²) in [5.74, 6) is -0.785. The Labute approximate surface area is 111 Å². The van der Waals surface area contributed by atoms with Crippen molar-refractivity contribution in [1.82, 2.24) is 10.2 Å². The topological polar surface area (TPSA) is 75.7 Å². The summed E-state index contributed by atoms with van der Waals surface area (Å²) < 4.78 is 5.03. The third-order valence-corrected chi connectivity index (χ3v) is 3.34. The van der Waals surface area contributed by atoms with E-state index in [1.807, 2.05) is 0 Å². The van der Waals surface area contributed by atoms with Crippen molar-refractivity contribution in [2.45, 2.75) is 39.2 Å². The Bertz CT molecular complexity index is 456. The first kappa shape index (κ1) is 13.6. The molecule has 1 fully saturated rings. The van der Waals surface area contributed by atoms with E-state index in [9.17, 15) is 14.4 Å². The van der Waals surface area contributed by atoms with E-state index in [0.29, 0.717) is 25.1 Å². The number of rotatable bonds is 3. The van der Waals surface area contributed by atoms with E-state index in [0.717, 1.165) is 12.1 Å². The molecular formula is C13H18N2O4. The van der Waals surface area contributed by atoms with E-state index in [1.54, 1.807) is 11.8 Å². The van der Waals surface area contributed by atoms with Crippen molar-refractivity contribution in [3.8, 4) is 0 Å². The van der Waals surface area contributed by atoms with E-state index in [-0.39, 0.29) is 24.2 Å². The average molecular weight is 266 g/mol. The van der Waals surface area contributed by atoms with Crippen molar-refractivity contribution in [3.63, 3.8) is 0 Å². The lowest BCUT2D eigenvalue weighted by Gasteiger charge is -2.31. The molecule has 0 radical (unpaired) electrons. The molecule has 2 heterocycles. The number of fused-ring (bicyclic) bond motifs is 1. The van der Waals surface area contributed by atoms with E-state index < -0.39 is 6.04 Å². The molecular weight excluding hydrogens is 248 g/mol. The Balaban J connectivity index is 2.28. The quantitative estimate of drug-likeness (QED) is 0.747. The number of nitrogens with one attached hydrogen (secondary N) is 1. The van der Waals surface area contributed by atoms with E-state index in [1.165, 1.54) is 6.92 Å². The molecule has 0 aromatic heterocycles. The summed E-state index contributed by atoms with van der Waals surface area (Å²) in [5, 5.41) is 2.60. The Morgan fingerprint density at radius 1 is 1.47 bits per heavy atom. The standard InChI is InChI=1S/C13H18N2O4/c1-3-19-13(18)9-7-10(14-8(2)16)12(17)15-6-4-5-11(9)15/h10H,3-7H2,1-2H3,(H,14,16). The Hall–Kier alpha value is -1.85. The van der Waals surface area contributed by atoms with Crippen molar-refractivity contribution in [2.75, 3.05) is 13.2 Å². The van der Waals surface area contributed by atoms with Gasteiger partial charge in [0.25, 0.3) is 0 Å². The number of amides is 2. The van der Waals surface area contributed by atoms with Crippen LogP contribution in [0.25, 0.3) is 0 Å². The molecule has 1 N–H and O–H groups in total. The van der Waals surface area contributed by atoms with Gasteiger partial charge in [-0.25, -0.2) is 4.79 Å². The zero-order valence-electron chi connectivity index (χ0n) is 11.2. The highest BCUT2D eigenvalue weighted by Crippen LogP contribution is 2.32. The van der Waals surface area contributed by atoms with E-state index in [4.69, 9.17) is 4.74 Å². The molecule has 2 rings (SSSR count). The smallest absolute Gasteiger partial charge is 0.335 e. The minimum Gasteiger partial charge on any atom is -0.463 e. The summed E-state index contributed by atoms with van der Waals surface area (Å²) in [4.78, 5) is 36.9. The van der Waals surface area contributed by atoms with Gasteiger partial charge >= 0.3 is 5.97 Å². The van der Waals surface area contributed by atoms with Gasteiger partial charge < -0.3 is 15.0 Å². The fourth-order valence-corrected chi connectivity index (χ4v) is 2.61. The lowest BCUT2D eigenvalue weighted by molar-refractivity contribution is -0.140. The Morgan fingerprint density at radius 3 is 2.84 bits per heavy atom. The van der Waals surface area contributed by atoms with Crippen LogP contribution in [0.5, 0.6) is 0 Å². The monoisotopic (exact) mass is 266 g/mol. The Morgan fingerprint density at radius 2 is 2.21 bits per heavy atom. The molecule has 0 spiro atoms. The average Bonchev–Trinajstić information content (AvgIpc) is 2.81. The van der Waals surface area contributed by atoms with Crippen molar-refractivity contribution < 1.29 is 19.1 Å². The summed E-state index contributed by atoms with van der Waals surface area (Å²) in [5.41, 5.74) is 1.29. The molecule has 0 aromatic carbocycles. The third kappa shape index (κ3) is 2.62. The molecule has 0 bridgehead atoms. The zero-order chi connectivity index (χ0) is 14.0. The normalized spacial score (nSPS) is 22.3. The van der Waals surface area contributed by atoms with Gasteiger partial charge in [0.1, 0.15) is 6.04 Å². The third-order valence-electron chi connectivity index (χ3n) is 3.34. The van der Waals surface area contributed by atoms with Crippen LogP contribution in [0, 0.1) is 0 Å². The van der Waals surface area contributed by atoms with Gasteiger partial charge in [0.2, 0.25) is 11.8 Å². The summed E-state index contributed by atoms with van der Waals surface area (Å²) in [6, 6.07) is -0.654. The van der Waals surface area contributed by atoms with Crippen molar-refractivity contribution in [1.29, 1.82) is 0 Å². The van der Waals surface area contributed by atoms with Gasteiger partial charge in [0.15, 0.2) is 0 Å². The molecule has 0 aliphatic carbocycles. The Kier molecular flexibility index (Phi) is 3.87. The first-order valence-corrected chi connectivity index (χ1v) is 6.52. The van der Waals surface area contributed by atoms with Gasteiger partial charge in [-0.05, 0) is 19.8 Å². The molecule has 2 amide bonds. The fraction of sp³-hybridized carbons (Fsp3) is 0.615. The SMILES string of the molecule is CCOC(=O)C1=C2CCCN2C(=O)C(NC(C)=O)C1. The molecule has 0 aromatic rings. The second-order valence-electron chi connectivity index (χ2n) is 4.70. The van der Waals surface area contributed by atoms with Crippen LogP contribution in [0.4, 0.5) is 0 Å². The van der Waals surface area contributed by atoms with Gasteiger partial charge in [-0.2, -0.15) is 0 Å². The fourth-order valence-electron chi connectivity index (χ4n) is 2.61. The molecule has 104 valence electrons. The highest BCUT2D eigenvalue weighted by molar-refractivity contribution is 5.97. The molecule has 6 nitrogen and oxygen atoms in total. The molecule has 2 aliphatic rings. The van der Waals surface area contributed by atoms with Gasteiger partial charge in [0, 0.05) is 25.6 Å². The van der Waals surface area contributed by atoms with Gasteiger partial charge in [-0.3, -0.25) is 9.59 Å². The molecule has 1 atom stereocenters. The van der Waals surface area contributed by atoms with Crippen LogP contribution in [0.1, 0.15) is 33.1 Å². The second kappa shape index (κ2) is 5.42. The summed E-state index contributed by atoms with van der Waals surface area (Å²) >= 11 is 0. The number of carbonyl (C=O) groups excluding carboxylic acids is 3. The maximum absolute atomic E-state index is 12.2. The van der Waals surface area contributed by atoms with Gasteiger partial charge in [0.05, 0.1) is 12.2 Å². The number of nitrogens with zero attached hydrogens (tertiary/aromatic N) is 1. The van der Waals surface area contributed by atoms with Crippen LogP contribution in [0.3, 0.4) is 0 Å². The van der Waals surface area contributed by atoms with Gasteiger partial charge in [-0.1, -0.05) is 0 Å². The molecule has 1 unspecified atom stereocenters. The highest BCUT2D eigenvalue weighted by atomic mass is 16.5. The maximum Gasteiger partial charge on any atom is 0.335 e. The van der Waals surface area contributed by atoms with E-state index in [2.05, 4.69) is 5.32 Å². The summed E-state index contributed by atoms with van der Waals surface area (Å²) in [6.07, 6.45) is 1.78. The van der Waals surface area contributed by atoms with Crippen LogP contribution in [0.15, 0.2) is 11.3 Å². The van der Waals surface area contributed by atoms with Crippen LogP contribution in [-0.4, -0.2) is 41.9 Å². The van der Waals surface area contributed by atoms with Crippen molar-refractivity contribution >= 4 is 17.8 Å². The zero-order valence-corrected chi connectivity index (χ0v) is 11.2. The minimum atomic E-state index is -0.654. The van der Waals surface area contributed by atoms with Crippen molar-refractivity contribution in [3.05, 3.63) is 11.3 Å². The number of esters is 1. The first-order valence-electron chi connectivity index (χ1n) is 6.52. The van der Waals surface area contributed by atoms with Crippen LogP contribution in [0.2, 0.25) is 0 Å². The number of ether oxygens (including phenoxy) is 1. The number of allylic oxidation sites excluding steroid dienone is 1. The predicted octanol–water partition coefficient (Wildman–Crippen LogP) is 0.334. The number of hydrogen-bond acceptors (Lipinski definition) is 4. The van der Waals surface area contributed by atoms with E-state index >= 15 is 0 Å². The van der Waals surface area contributed by atoms with Crippen molar-refractivity contribution in [2.24, 2.45) is 0 Å². The highest BCUT2D eigenvalue weighted by Gasteiger charge is 2.39. The lowest BCUT2D eigenvalue weighted by atomic mass is 9.97. The second-order valence-corrected chi connectivity index (χ2v) is 4.70. The molecule has 19 heavy (non-hydrogen) atoms. The largest absolute Gasteiger partial charge is 0.463 e. The van der Waals surface area contributed by atoms with Crippen LogP contribution >= 0.6 is 0 Å². The molecule has 1 saturated heterocycles. The van der Waals surface area contributed by atoms with Crippen LogP contribution < -0.4 is 5.32 Å². The predicted molar refractivity (Wildman–Crippen MR) is 66.8 cm³/mol. The number of hydrogen-bond donors (Lipinski definition) is 1. The molecule has 6 heteroatoms. The summed E-state index contributed by atoms with van der Waals surface area (Å²) in [6.45, 7) is 4.01. The molecule has 0 saturated carbocycles. The summed E-state index contributed by atoms with van der Waals surface area (Å²) in [7, 11) is 0. The van der Waals surface area contributed by atoms with Crippen LogP contribution in [-0.2, 0) is 19.1 Å². The molecule has 2 aliphatic heterocycles. The van der Waals surface area contributed by atoms with Gasteiger partial charge in [-0.15, -0.1) is 0 Å². The maximum atomic E-state index is 12.2. The minimum absolute atomic E-state index is 0.129. The lowest BCUT2D eigenvalue weighted by Crippen LogP contribution is -2.50. The first-order chi connectivity index (χ1) is 9.04.